The van der Waals surface area contributed by atoms with E-state index >= 15 is 0 Å². The highest BCUT2D eigenvalue weighted by atomic mass is 31.2. The summed E-state index contributed by atoms with van der Waals surface area (Å²) < 4.78 is 33.3. The Morgan fingerprint density at radius 1 is 0.566 bits per heavy atom. The lowest BCUT2D eigenvalue weighted by Crippen LogP contribution is -2.64. The zero-order chi connectivity index (χ0) is 39.3. The van der Waals surface area contributed by atoms with E-state index in [2.05, 4.69) is 26.0 Å². The third kappa shape index (κ3) is 24.0. The molecule has 0 aromatic carbocycles. The number of allylic oxidation sites excluding steroid dienone is 2. The number of hydrogen-bond donors (Lipinski definition) is 6. The number of phosphoric acid groups is 1. The summed E-state index contributed by atoms with van der Waals surface area (Å²) in [6.45, 7) is 3.24. The van der Waals surface area contributed by atoms with Crippen LogP contribution in [-0.2, 0) is 32.7 Å². The van der Waals surface area contributed by atoms with E-state index in [1.807, 2.05) is 0 Å². The molecule has 0 aliphatic heterocycles. The second-order valence-corrected chi connectivity index (χ2v) is 15.9. The van der Waals surface area contributed by atoms with Gasteiger partial charge in [-0.25, -0.2) is 4.57 Å². The first-order valence-electron chi connectivity index (χ1n) is 20.5. The van der Waals surface area contributed by atoms with Gasteiger partial charge in [-0.05, 0) is 38.5 Å². The van der Waals surface area contributed by atoms with Gasteiger partial charge in [0.2, 0.25) is 0 Å². The molecule has 53 heavy (non-hydrogen) atoms. The van der Waals surface area contributed by atoms with Gasteiger partial charge in [-0.2, -0.15) is 0 Å². The third-order valence-electron chi connectivity index (χ3n) is 9.61. The van der Waals surface area contributed by atoms with Crippen LogP contribution in [0.4, 0.5) is 0 Å². The predicted octanol–water partition coefficient (Wildman–Crippen LogP) is 6.72. The lowest BCUT2D eigenvalue weighted by atomic mass is 9.85. The molecule has 0 bridgehead atoms. The highest BCUT2D eigenvalue weighted by Crippen LogP contribution is 2.47. The van der Waals surface area contributed by atoms with E-state index in [1.54, 1.807) is 0 Å². The Morgan fingerprint density at radius 3 is 1.43 bits per heavy atom. The number of hydrogen-bond acceptors (Lipinski definition) is 12. The first-order valence-corrected chi connectivity index (χ1v) is 22.0. The van der Waals surface area contributed by atoms with Crippen LogP contribution in [-0.4, -0.2) is 98.3 Å². The Kier molecular flexibility index (Phi) is 28.8. The summed E-state index contributed by atoms with van der Waals surface area (Å²) >= 11 is 0. The predicted molar refractivity (Wildman–Crippen MR) is 203 cm³/mol. The molecule has 1 aliphatic carbocycles. The van der Waals surface area contributed by atoms with Gasteiger partial charge in [-0.1, -0.05) is 129 Å². The van der Waals surface area contributed by atoms with Crippen LogP contribution < -0.4 is 0 Å². The minimum absolute atomic E-state index is 0.0988. The quantitative estimate of drug-likeness (QED) is 0.0177. The molecule has 0 aromatic heterocycles. The molecular formula is C39H73O13P. The lowest BCUT2D eigenvalue weighted by molar-refractivity contribution is -0.220. The second-order valence-electron chi connectivity index (χ2n) is 14.5. The molecule has 8 atom stereocenters. The fraction of sp³-hybridized carbons (Fsp3) is 0.897. The van der Waals surface area contributed by atoms with E-state index in [0.717, 1.165) is 64.2 Å². The van der Waals surface area contributed by atoms with E-state index in [9.17, 15) is 44.6 Å². The summed E-state index contributed by atoms with van der Waals surface area (Å²) in [5, 5.41) is 49.9. The monoisotopic (exact) mass is 780 g/mol. The number of unbranched alkanes of at least 4 members (excludes halogenated alkanes) is 19. The van der Waals surface area contributed by atoms with Crippen LogP contribution in [0.2, 0.25) is 0 Å². The summed E-state index contributed by atoms with van der Waals surface area (Å²) in [4.78, 5) is 35.4. The zero-order valence-electron chi connectivity index (χ0n) is 32.6. The van der Waals surface area contributed by atoms with Crippen LogP contribution in [0.5, 0.6) is 0 Å². The van der Waals surface area contributed by atoms with Crippen molar-refractivity contribution in [3.05, 3.63) is 12.2 Å². The molecule has 312 valence electrons. The molecule has 1 fully saturated rings. The van der Waals surface area contributed by atoms with Gasteiger partial charge in [0.15, 0.2) is 6.10 Å². The molecule has 0 saturated heterocycles. The summed E-state index contributed by atoms with van der Waals surface area (Å²) in [5.41, 5.74) is 0. The van der Waals surface area contributed by atoms with Gasteiger partial charge in [0.1, 0.15) is 43.2 Å². The van der Waals surface area contributed by atoms with Crippen molar-refractivity contribution in [2.75, 3.05) is 13.2 Å². The highest BCUT2D eigenvalue weighted by molar-refractivity contribution is 7.47. The molecule has 1 aliphatic rings. The van der Waals surface area contributed by atoms with Gasteiger partial charge >= 0.3 is 19.8 Å². The van der Waals surface area contributed by atoms with Crippen molar-refractivity contribution in [1.82, 2.24) is 0 Å². The molecule has 13 nitrogen and oxygen atoms in total. The Labute approximate surface area is 318 Å². The molecule has 0 aromatic rings. The number of aliphatic hydroxyl groups is 5. The standard InChI is InChI=1S/C39H73O13P/c1-3-5-7-9-11-13-15-16-17-18-20-21-23-25-27-32(40)49-29-31(51-33(41)28-26-24-22-19-14-12-10-8-6-4-2)30-50-53(47,48)52-39-37(45)35(43)34(42)36(44)38(39)46/h15-16,31,34-39,42-46H,3-14,17-30H2,1-2H3,(H,47,48)/b16-15+/t31-,34?,35-,36?,37?,38?,39?/m0/s1. The maximum atomic E-state index is 12.7. The van der Waals surface area contributed by atoms with E-state index in [1.165, 1.54) is 64.2 Å². The Balaban J connectivity index is 2.51. The minimum Gasteiger partial charge on any atom is -0.462 e. The van der Waals surface area contributed by atoms with Gasteiger partial charge in [0.05, 0.1) is 6.61 Å². The second kappa shape index (κ2) is 30.8. The number of carbonyl (C=O) groups is 2. The van der Waals surface area contributed by atoms with Crippen molar-refractivity contribution < 1.29 is 63.1 Å². The number of carbonyl (C=O) groups excluding carboxylic acids is 2. The van der Waals surface area contributed by atoms with Crippen LogP contribution >= 0.6 is 7.82 Å². The van der Waals surface area contributed by atoms with Crippen LogP contribution in [0.1, 0.15) is 168 Å². The van der Waals surface area contributed by atoms with Crippen LogP contribution in [0.15, 0.2) is 12.2 Å². The molecule has 6 unspecified atom stereocenters. The molecule has 14 heteroatoms. The van der Waals surface area contributed by atoms with Crippen LogP contribution in [0.3, 0.4) is 0 Å². The molecule has 1 saturated carbocycles. The van der Waals surface area contributed by atoms with Crippen LogP contribution in [0.25, 0.3) is 0 Å². The highest BCUT2D eigenvalue weighted by Gasteiger charge is 2.51. The summed E-state index contributed by atoms with van der Waals surface area (Å²) in [7, 11) is -5.10. The van der Waals surface area contributed by atoms with Gasteiger partial charge in [-0.3, -0.25) is 18.6 Å². The zero-order valence-corrected chi connectivity index (χ0v) is 33.5. The van der Waals surface area contributed by atoms with Crippen molar-refractivity contribution in [1.29, 1.82) is 0 Å². The van der Waals surface area contributed by atoms with Gasteiger partial charge in [-0.15, -0.1) is 0 Å². The Bertz CT molecular complexity index is 996. The maximum absolute atomic E-state index is 12.7. The fourth-order valence-corrected chi connectivity index (χ4v) is 7.19. The minimum atomic E-state index is -5.10. The number of phosphoric ester groups is 1. The molecular weight excluding hydrogens is 707 g/mol. The van der Waals surface area contributed by atoms with E-state index in [4.69, 9.17) is 18.5 Å². The largest absolute Gasteiger partial charge is 0.472 e. The number of esters is 2. The SMILES string of the molecule is CCCCCCC/C=C/CCCCCCCC(=O)OC[C@@H](COP(=O)(O)OC1C(O)C(O)C(O)[C@H](O)C1O)OC(=O)CCCCCCCCCCCC. The summed E-state index contributed by atoms with van der Waals surface area (Å²) in [6, 6.07) is 0. The Hall–Kier alpha value is -1.41. The average molecular weight is 781 g/mol. The summed E-state index contributed by atoms with van der Waals surface area (Å²) in [6.07, 6.45) is 15.7. The molecule has 0 radical (unpaired) electrons. The third-order valence-corrected chi connectivity index (χ3v) is 10.6. The fourth-order valence-electron chi connectivity index (χ4n) is 6.22. The lowest BCUT2D eigenvalue weighted by Gasteiger charge is -2.41. The maximum Gasteiger partial charge on any atom is 0.472 e. The normalized spacial score (nSPS) is 23.5. The average Bonchev–Trinajstić information content (AvgIpc) is 3.13. The molecule has 0 amide bonds. The number of ether oxygens (including phenoxy) is 2. The summed E-state index contributed by atoms with van der Waals surface area (Å²) in [5.74, 6) is -1.11. The van der Waals surface area contributed by atoms with E-state index in [0.29, 0.717) is 12.8 Å². The first kappa shape index (κ1) is 49.6. The van der Waals surface area contributed by atoms with Crippen molar-refractivity contribution in [3.8, 4) is 0 Å². The van der Waals surface area contributed by atoms with E-state index in [-0.39, 0.29) is 12.8 Å². The van der Waals surface area contributed by atoms with Crippen molar-refractivity contribution in [2.24, 2.45) is 0 Å². The molecule has 6 N–H and O–H groups in total. The van der Waals surface area contributed by atoms with Gasteiger partial charge in [0, 0.05) is 12.8 Å². The Morgan fingerprint density at radius 2 is 0.962 bits per heavy atom. The van der Waals surface area contributed by atoms with Crippen molar-refractivity contribution >= 4 is 19.8 Å². The number of rotatable bonds is 33. The van der Waals surface area contributed by atoms with Gasteiger partial charge in [0.25, 0.3) is 0 Å². The first-order chi connectivity index (χ1) is 25.4. The molecule has 0 spiro atoms. The number of aliphatic hydroxyl groups excluding tert-OH is 5. The van der Waals surface area contributed by atoms with Crippen molar-refractivity contribution in [2.45, 2.75) is 211 Å². The van der Waals surface area contributed by atoms with Gasteiger partial charge < -0.3 is 39.9 Å². The van der Waals surface area contributed by atoms with E-state index < -0.39 is 75.7 Å². The smallest absolute Gasteiger partial charge is 0.462 e. The van der Waals surface area contributed by atoms with Crippen LogP contribution in [0, 0.1) is 0 Å². The van der Waals surface area contributed by atoms with Crippen molar-refractivity contribution in [3.63, 3.8) is 0 Å². The molecule has 1 rings (SSSR count). The topological polar surface area (TPSA) is 210 Å². The molecule has 0 heterocycles.